The second kappa shape index (κ2) is 4.54. The van der Waals surface area contributed by atoms with Crippen LogP contribution < -0.4 is 0 Å². The first-order valence-electron chi connectivity index (χ1n) is 7.39. The smallest absolute Gasteiger partial charge is 0.312 e. The van der Waals surface area contributed by atoms with Gasteiger partial charge in [0.1, 0.15) is 0 Å². The van der Waals surface area contributed by atoms with Crippen molar-refractivity contribution >= 4 is 5.97 Å². The molecule has 0 aromatic rings. The minimum Gasteiger partial charge on any atom is -0.465 e. The number of rotatable bonds is 3. The van der Waals surface area contributed by atoms with Crippen molar-refractivity contribution in [3.8, 4) is 0 Å². The molecule has 0 aromatic carbocycles. The fourth-order valence-electron chi connectivity index (χ4n) is 3.25. The molecular weight excluding hydrogens is 224 g/mol. The van der Waals surface area contributed by atoms with E-state index in [4.69, 9.17) is 4.74 Å². The second-order valence-corrected chi connectivity index (χ2v) is 7.91. The fourth-order valence-corrected chi connectivity index (χ4v) is 3.25. The number of hydrogen-bond donors (Lipinski definition) is 0. The van der Waals surface area contributed by atoms with Crippen LogP contribution in [0.5, 0.6) is 0 Å². The predicted molar refractivity (Wildman–Crippen MR) is 73.1 cm³/mol. The normalized spacial score (nSPS) is 31.7. The molecule has 0 amide bonds. The molecule has 2 bridgehead atoms. The van der Waals surface area contributed by atoms with Crippen LogP contribution in [0.2, 0.25) is 0 Å². The van der Waals surface area contributed by atoms with Gasteiger partial charge >= 0.3 is 5.97 Å². The van der Waals surface area contributed by atoms with E-state index in [-0.39, 0.29) is 11.4 Å². The van der Waals surface area contributed by atoms with Gasteiger partial charge in [0.15, 0.2) is 0 Å². The second-order valence-electron chi connectivity index (χ2n) is 7.91. The van der Waals surface area contributed by atoms with Gasteiger partial charge in [-0.15, -0.1) is 0 Å². The molecule has 2 aliphatic rings. The maximum Gasteiger partial charge on any atom is 0.312 e. The minimum absolute atomic E-state index is 0.0298. The van der Waals surface area contributed by atoms with Gasteiger partial charge in [-0.2, -0.15) is 0 Å². The van der Waals surface area contributed by atoms with Gasteiger partial charge in [0.05, 0.1) is 12.0 Å². The third-order valence-corrected chi connectivity index (χ3v) is 5.70. The Morgan fingerprint density at radius 3 is 2.22 bits per heavy atom. The first-order valence-corrected chi connectivity index (χ1v) is 7.39. The van der Waals surface area contributed by atoms with Crippen molar-refractivity contribution in [3.63, 3.8) is 0 Å². The van der Waals surface area contributed by atoms with Crippen LogP contribution in [0.1, 0.15) is 60.3 Å². The Balaban J connectivity index is 1.85. The van der Waals surface area contributed by atoms with E-state index in [9.17, 15) is 4.79 Å². The Morgan fingerprint density at radius 1 is 1.11 bits per heavy atom. The van der Waals surface area contributed by atoms with Gasteiger partial charge in [-0.1, -0.05) is 27.2 Å². The number of carbonyl (C=O) groups excluding carboxylic acids is 1. The molecule has 0 radical (unpaired) electrons. The van der Waals surface area contributed by atoms with E-state index in [0.717, 1.165) is 11.8 Å². The average Bonchev–Trinajstić information content (AvgIpc) is 2.85. The summed E-state index contributed by atoms with van der Waals surface area (Å²) in [4.78, 5) is 12.3. The lowest BCUT2D eigenvalue weighted by atomic mass is 9.69. The van der Waals surface area contributed by atoms with E-state index in [0.29, 0.717) is 12.5 Å². The highest BCUT2D eigenvalue weighted by Gasteiger charge is 2.43. The SMILES string of the molecule is CC(C)(C)C(C)(C)C(=O)OCC1CC2CCC1C2. The van der Waals surface area contributed by atoms with Crippen molar-refractivity contribution in [1.29, 1.82) is 0 Å². The molecule has 0 saturated heterocycles. The van der Waals surface area contributed by atoms with E-state index in [1.165, 1.54) is 25.7 Å². The Morgan fingerprint density at radius 2 is 1.78 bits per heavy atom. The Kier molecular flexibility index (Phi) is 3.50. The standard InChI is InChI=1S/C16H28O2/c1-15(2,3)16(4,5)14(17)18-10-13-9-11-6-7-12(13)8-11/h11-13H,6-10H2,1-5H3. The molecule has 3 atom stereocenters. The Bertz CT molecular complexity index is 324. The summed E-state index contributed by atoms with van der Waals surface area (Å²) >= 11 is 0. The van der Waals surface area contributed by atoms with Crippen LogP contribution in [-0.4, -0.2) is 12.6 Å². The molecule has 2 saturated carbocycles. The molecule has 2 nitrogen and oxygen atoms in total. The van der Waals surface area contributed by atoms with Crippen molar-refractivity contribution in [1.82, 2.24) is 0 Å². The Labute approximate surface area is 111 Å². The first-order chi connectivity index (χ1) is 8.22. The molecule has 2 rings (SSSR count). The molecule has 2 heteroatoms. The van der Waals surface area contributed by atoms with E-state index in [1.807, 2.05) is 13.8 Å². The van der Waals surface area contributed by atoms with Crippen molar-refractivity contribution in [2.45, 2.75) is 60.3 Å². The van der Waals surface area contributed by atoms with Crippen molar-refractivity contribution in [2.24, 2.45) is 28.6 Å². The van der Waals surface area contributed by atoms with Crippen LogP contribution in [0.15, 0.2) is 0 Å². The van der Waals surface area contributed by atoms with Gasteiger partial charge in [0.2, 0.25) is 0 Å². The van der Waals surface area contributed by atoms with E-state index in [1.54, 1.807) is 0 Å². The summed E-state index contributed by atoms with van der Waals surface area (Å²) in [6.07, 6.45) is 5.43. The molecule has 0 aliphatic heterocycles. The zero-order chi connectivity index (χ0) is 13.6. The number of fused-ring (bicyclic) bond motifs is 2. The molecule has 2 aliphatic carbocycles. The van der Waals surface area contributed by atoms with Crippen LogP contribution in [0.25, 0.3) is 0 Å². The summed E-state index contributed by atoms with van der Waals surface area (Å²) in [6, 6.07) is 0. The van der Waals surface area contributed by atoms with E-state index in [2.05, 4.69) is 20.8 Å². The molecule has 104 valence electrons. The molecule has 18 heavy (non-hydrogen) atoms. The highest BCUT2D eigenvalue weighted by atomic mass is 16.5. The summed E-state index contributed by atoms with van der Waals surface area (Å²) < 4.78 is 5.63. The lowest BCUT2D eigenvalue weighted by Crippen LogP contribution is -2.39. The van der Waals surface area contributed by atoms with E-state index >= 15 is 0 Å². The van der Waals surface area contributed by atoms with Gasteiger partial charge in [-0.25, -0.2) is 0 Å². The van der Waals surface area contributed by atoms with Gasteiger partial charge < -0.3 is 4.74 Å². The Hall–Kier alpha value is -0.530. The maximum absolute atomic E-state index is 12.3. The van der Waals surface area contributed by atoms with Gasteiger partial charge in [0, 0.05) is 0 Å². The number of ether oxygens (including phenoxy) is 1. The van der Waals surface area contributed by atoms with Crippen LogP contribution in [0.3, 0.4) is 0 Å². The van der Waals surface area contributed by atoms with Crippen molar-refractivity contribution in [3.05, 3.63) is 0 Å². The van der Waals surface area contributed by atoms with E-state index < -0.39 is 5.41 Å². The number of esters is 1. The highest BCUT2D eigenvalue weighted by molar-refractivity contribution is 5.76. The lowest BCUT2D eigenvalue weighted by molar-refractivity contribution is -0.162. The number of carbonyl (C=O) groups is 1. The molecular formula is C16H28O2. The summed E-state index contributed by atoms with van der Waals surface area (Å²) in [5.41, 5.74) is -0.469. The average molecular weight is 252 g/mol. The number of hydrogen-bond acceptors (Lipinski definition) is 2. The van der Waals surface area contributed by atoms with Crippen LogP contribution in [0.4, 0.5) is 0 Å². The summed E-state index contributed by atoms with van der Waals surface area (Å²) in [5.74, 6) is 2.37. The highest BCUT2D eigenvalue weighted by Crippen LogP contribution is 2.48. The predicted octanol–water partition coefficient (Wildman–Crippen LogP) is 4.04. The van der Waals surface area contributed by atoms with Gasteiger partial charge in [0.25, 0.3) is 0 Å². The maximum atomic E-state index is 12.3. The molecule has 0 N–H and O–H groups in total. The molecule has 0 heterocycles. The topological polar surface area (TPSA) is 26.3 Å². The van der Waals surface area contributed by atoms with Gasteiger partial charge in [-0.3, -0.25) is 4.79 Å². The summed E-state index contributed by atoms with van der Waals surface area (Å²) in [6.45, 7) is 11.0. The lowest BCUT2D eigenvalue weighted by Gasteiger charge is -2.36. The fraction of sp³-hybridized carbons (Fsp3) is 0.938. The monoisotopic (exact) mass is 252 g/mol. The molecule has 3 unspecified atom stereocenters. The van der Waals surface area contributed by atoms with Crippen LogP contribution >= 0.6 is 0 Å². The summed E-state index contributed by atoms with van der Waals surface area (Å²) in [7, 11) is 0. The first kappa shape index (κ1) is 13.9. The third-order valence-electron chi connectivity index (χ3n) is 5.70. The quantitative estimate of drug-likeness (QED) is 0.709. The largest absolute Gasteiger partial charge is 0.465 e. The summed E-state index contributed by atoms with van der Waals surface area (Å²) in [5, 5.41) is 0. The zero-order valence-corrected chi connectivity index (χ0v) is 12.6. The van der Waals surface area contributed by atoms with Gasteiger partial charge in [-0.05, 0) is 56.3 Å². The zero-order valence-electron chi connectivity index (χ0n) is 12.6. The van der Waals surface area contributed by atoms with Crippen LogP contribution in [0, 0.1) is 28.6 Å². The van der Waals surface area contributed by atoms with Crippen molar-refractivity contribution in [2.75, 3.05) is 6.61 Å². The third kappa shape index (κ3) is 2.44. The molecule has 2 fully saturated rings. The van der Waals surface area contributed by atoms with Crippen molar-refractivity contribution < 1.29 is 9.53 Å². The van der Waals surface area contributed by atoms with Crippen LogP contribution in [-0.2, 0) is 9.53 Å². The molecule has 0 spiro atoms. The minimum atomic E-state index is -0.412. The molecule has 0 aromatic heterocycles.